The van der Waals surface area contributed by atoms with Gasteiger partial charge in [0.25, 0.3) is 0 Å². The Morgan fingerprint density at radius 1 is 1.26 bits per heavy atom. The normalized spacial score (nSPS) is 10.9. The summed E-state index contributed by atoms with van der Waals surface area (Å²) >= 11 is 0. The third-order valence-electron chi connectivity index (χ3n) is 3.12. The third-order valence-corrected chi connectivity index (χ3v) is 3.12. The third kappa shape index (κ3) is 9.60. The number of rotatable bonds is 9. The number of anilines is 1. The highest BCUT2D eigenvalue weighted by Crippen LogP contribution is 2.07. The molecule has 6 nitrogen and oxygen atoms in total. The molecule has 0 aliphatic heterocycles. The molecule has 23 heavy (non-hydrogen) atoms. The van der Waals surface area contributed by atoms with E-state index in [2.05, 4.69) is 20.6 Å². The van der Waals surface area contributed by atoms with Gasteiger partial charge in [0, 0.05) is 40.9 Å². The van der Waals surface area contributed by atoms with E-state index in [0.29, 0.717) is 6.54 Å². The molecule has 0 unspecified atom stereocenters. The molecule has 1 aromatic rings. The Kier molecular flexibility index (Phi) is 12.7. The van der Waals surface area contributed by atoms with Gasteiger partial charge in [-0.05, 0) is 31.9 Å². The summed E-state index contributed by atoms with van der Waals surface area (Å²) in [5.74, 6) is 1.76. The molecule has 0 aliphatic carbocycles. The van der Waals surface area contributed by atoms with Crippen LogP contribution in [0.15, 0.2) is 23.2 Å². The van der Waals surface area contributed by atoms with Gasteiger partial charge in [0.2, 0.25) is 0 Å². The van der Waals surface area contributed by atoms with Gasteiger partial charge < -0.3 is 20.3 Å². The van der Waals surface area contributed by atoms with E-state index in [9.17, 15) is 0 Å². The lowest BCUT2D eigenvalue weighted by atomic mass is 10.3. The number of aliphatic imine (C=N–C) groups is 1. The average Bonchev–Trinajstić information content (AvgIpc) is 2.53. The van der Waals surface area contributed by atoms with Crippen molar-refractivity contribution in [1.29, 1.82) is 0 Å². The van der Waals surface area contributed by atoms with Crippen molar-refractivity contribution in [1.82, 2.24) is 15.6 Å². The van der Waals surface area contributed by atoms with Crippen LogP contribution >= 0.6 is 24.0 Å². The highest BCUT2D eigenvalue weighted by Gasteiger charge is 2.01. The van der Waals surface area contributed by atoms with Gasteiger partial charge in [-0.2, -0.15) is 0 Å². The lowest BCUT2D eigenvalue weighted by Gasteiger charge is -2.14. The molecule has 2 N–H and O–H groups in total. The number of nitrogens with zero attached hydrogens (tertiary/aromatic N) is 3. The minimum Gasteiger partial charge on any atom is -0.382 e. The largest absolute Gasteiger partial charge is 0.382 e. The number of ether oxygens (including phenoxy) is 1. The smallest absolute Gasteiger partial charge is 0.191 e. The monoisotopic (exact) mass is 435 g/mol. The number of halogens is 1. The molecule has 1 heterocycles. The lowest BCUT2D eigenvalue weighted by molar-refractivity contribution is 0.143. The molecule has 1 aromatic heterocycles. The second-order valence-corrected chi connectivity index (χ2v) is 5.14. The summed E-state index contributed by atoms with van der Waals surface area (Å²) in [6.07, 6.45) is 2.12. The van der Waals surface area contributed by atoms with Crippen LogP contribution in [-0.4, -0.2) is 51.8 Å². The van der Waals surface area contributed by atoms with Crippen molar-refractivity contribution in [3.63, 3.8) is 0 Å². The van der Waals surface area contributed by atoms with Gasteiger partial charge >= 0.3 is 0 Å². The van der Waals surface area contributed by atoms with Gasteiger partial charge in [0.05, 0.1) is 12.2 Å². The molecular formula is C16H30IN5O. The van der Waals surface area contributed by atoms with Crippen molar-refractivity contribution < 1.29 is 4.74 Å². The first-order valence-electron chi connectivity index (χ1n) is 7.83. The van der Waals surface area contributed by atoms with E-state index in [1.54, 1.807) is 7.05 Å². The Bertz CT molecular complexity index is 454. The molecule has 1 rings (SSSR count). The molecule has 0 bridgehead atoms. The van der Waals surface area contributed by atoms with Crippen LogP contribution in [-0.2, 0) is 11.3 Å². The summed E-state index contributed by atoms with van der Waals surface area (Å²) in [7, 11) is 5.75. The Hall–Kier alpha value is -1.09. The number of unbranched alkanes of at least 4 members (excludes halogenated alkanes) is 1. The second-order valence-electron chi connectivity index (χ2n) is 5.14. The van der Waals surface area contributed by atoms with Crippen LogP contribution in [0.3, 0.4) is 0 Å². The van der Waals surface area contributed by atoms with E-state index >= 15 is 0 Å². The van der Waals surface area contributed by atoms with Gasteiger partial charge in [0.15, 0.2) is 5.96 Å². The molecule has 0 fully saturated rings. The second kappa shape index (κ2) is 13.4. The molecule has 0 spiro atoms. The first-order chi connectivity index (χ1) is 10.7. The summed E-state index contributed by atoms with van der Waals surface area (Å²) in [5, 5.41) is 6.58. The maximum Gasteiger partial charge on any atom is 0.191 e. The maximum absolute atomic E-state index is 5.32. The van der Waals surface area contributed by atoms with Gasteiger partial charge in [-0.15, -0.1) is 24.0 Å². The van der Waals surface area contributed by atoms with Crippen LogP contribution < -0.4 is 15.5 Å². The van der Waals surface area contributed by atoms with Crippen LogP contribution in [0.25, 0.3) is 0 Å². The number of nitrogens with one attached hydrogen (secondary N) is 2. The van der Waals surface area contributed by atoms with Crippen LogP contribution in [0.5, 0.6) is 0 Å². The number of hydrogen-bond acceptors (Lipinski definition) is 4. The minimum absolute atomic E-state index is 0. The summed E-state index contributed by atoms with van der Waals surface area (Å²) in [4.78, 5) is 10.8. The molecule has 0 aromatic carbocycles. The van der Waals surface area contributed by atoms with Gasteiger partial charge in [-0.3, -0.25) is 4.99 Å². The highest BCUT2D eigenvalue weighted by molar-refractivity contribution is 14.0. The number of hydrogen-bond donors (Lipinski definition) is 2. The van der Waals surface area contributed by atoms with Gasteiger partial charge in [-0.25, -0.2) is 4.98 Å². The number of pyridine rings is 1. The molecule has 0 saturated heterocycles. The van der Waals surface area contributed by atoms with E-state index in [0.717, 1.165) is 50.1 Å². The van der Waals surface area contributed by atoms with Crippen molar-refractivity contribution in [3.8, 4) is 0 Å². The molecular weight excluding hydrogens is 405 g/mol. The van der Waals surface area contributed by atoms with Crippen molar-refractivity contribution in [3.05, 3.63) is 23.9 Å². The van der Waals surface area contributed by atoms with Crippen LogP contribution in [0, 0.1) is 0 Å². The average molecular weight is 435 g/mol. The predicted molar refractivity (Wildman–Crippen MR) is 108 cm³/mol. The van der Waals surface area contributed by atoms with E-state index in [1.807, 2.05) is 44.1 Å². The zero-order valence-electron chi connectivity index (χ0n) is 14.6. The Morgan fingerprint density at radius 2 is 2.04 bits per heavy atom. The summed E-state index contributed by atoms with van der Waals surface area (Å²) in [6.45, 7) is 5.17. The van der Waals surface area contributed by atoms with Crippen molar-refractivity contribution in [2.24, 2.45) is 4.99 Å². The minimum atomic E-state index is 0. The molecule has 0 aliphatic rings. The topological polar surface area (TPSA) is 61.8 Å². The number of aromatic nitrogens is 1. The number of guanidine groups is 1. The Morgan fingerprint density at radius 3 is 2.70 bits per heavy atom. The van der Waals surface area contributed by atoms with E-state index in [4.69, 9.17) is 4.74 Å². The fraction of sp³-hybridized carbons (Fsp3) is 0.625. The van der Waals surface area contributed by atoms with Gasteiger partial charge in [-0.1, -0.05) is 6.07 Å². The molecule has 7 heteroatoms. The van der Waals surface area contributed by atoms with E-state index in [-0.39, 0.29) is 24.0 Å². The fourth-order valence-corrected chi connectivity index (χ4v) is 1.89. The highest BCUT2D eigenvalue weighted by atomic mass is 127. The van der Waals surface area contributed by atoms with Gasteiger partial charge in [0.1, 0.15) is 5.82 Å². The lowest BCUT2D eigenvalue weighted by Crippen LogP contribution is -2.37. The maximum atomic E-state index is 5.32. The summed E-state index contributed by atoms with van der Waals surface area (Å²) in [5.41, 5.74) is 0.991. The molecule has 132 valence electrons. The van der Waals surface area contributed by atoms with Crippen molar-refractivity contribution >= 4 is 35.8 Å². The Labute approximate surface area is 157 Å². The summed E-state index contributed by atoms with van der Waals surface area (Å²) < 4.78 is 5.32. The van der Waals surface area contributed by atoms with Crippen molar-refractivity contribution in [2.45, 2.75) is 26.3 Å². The van der Waals surface area contributed by atoms with Crippen molar-refractivity contribution in [2.75, 3.05) is 45.8 Å². The fourth-order valence-electron chi connectivity index (χ4n) is 1.89. The zero-order valence-corrected chi connectivity index (χ0v) is 17.0. The predicted octanol–water partition coefficient (Wildman–Crippen LogP) is 2.25. The van der Waals surface area contributed by atoms with Crippen LogP contribution in [0.4, 0.5) is 5.82 Å². The molecule has 0 atom stereocenters. The quantitative estimate of drug-likeness (QED) is 0.270. The zero-order chi connectivity index (χ0) is 16.2. The first-order valence-corrected chi connectivity index (χ1v) is 7.83. The summed E-state index contributed by atoms with van der Waals surface area (Å²) in [6, 6.07) is 6.02. The van der Waals surface area contributed by atoms with E-state index in [1.165, 1.54) is 0 Å². The molecule has 0 radical (unpaired) electrons. The molecule has 0 saturated carbocycles. The van der Waals surface area contributed by atoms with E-state index < -0.39 is 0 Å². The molecule has 0 amide bonds. The standard InChI is InChI=1S/C16H29N5O.HI/c1-5-22-12-7-6-11-18-16(17-2)19-13-14-9-8-10-15(20-14)21(3)4;/h8-10H,5-7,11-13H2,1-4H3,(H2,17,18,19);1H. The first kappa shape index (κ1) is 21.9. The van der Waals surface area contributed by atoms with Crippen LogP contribution in [0.2, 0.25) is 0 Å². The SMILES string of the molecule is CCOCCCCNC(=NC)NCc1cccc(N(C)C)n1.I. The Balaban J connectivity index is 0.00000484. The van der Waals surface area contributed by atoms with Crippen LogP contribution in [0.1, 0.15) is 25.5 Å².